The summed E-state index contributed by atoms with van der Waals surface area (Å²) >= 11 is 0. The Labute approximate surface area is 114 Å². The Morgan fingerprint density at radius 3 is 2.74 bits per heavy atom. The molecule has 1 aromatic rings. The van der Waals surface area contributed by atoms with E-state index in [0.717, 1.165) is 18.6 Å². The van der Waals surface area contributed by atoms with Crippen molar-refractivity contribution in [3.63, 3.8) is 0 Å². The first-order valence-corrected chi connectivity index (χ1v) is 6.62. The number of benzene rings is 1. The van der Waals surface area contributed by atoms with Crippen LogP contribution < -0.4 is 10.1 Å². The van der Waals surface area contributed by atoms with Crippen LogP contribution in [0.1, 0.15) is 31.2 Å². The Hall–Kier alpha value is -1.55. The molecule has 1 atom stereocenters. The number of ether oxygens (including phenoxy) is 2. The van der Waals surface area contributed by atoms with Gasteiger partial charge in [0.1, 0.15) is 11.8 Å². The fraction of sp³-hybridized carbons (Fsp3) is 0.533. The van der Waals surface area contributed by atoms with Crippen molar-refractivity contribution >= 4 is 5.97 Å². The molecule has 0 bridgehead atoms. The molecule has 0 amide bonds. The Morgan fingerprint density at radius 2 is 2.11 bits per heavy atom. The van der Waals surface area contributed by atoms with Crippen molar-refractivity contribution in [2.24, 2.45) is 0 Å². The second-order valence-corrected chi connectivity index (χ2v) is 5.05. The van der Waals surface area contributed by atoms with Gasteiger partial charge in [-0.05, 0) is 43.4 Å². The molecule has 1 aliphatic rings. The molecule has 0 unspecified atom stereocenters. The lowest BCUT2D eigenvalue weighted by Gasteiger charge is -2.37. The Balaban J connectivity index is 1.84. The molecule has 2 rings (SSSR count). The lowest BCUT2D eigenvalue weighted by Crippen LogP contribution is -2.47. The predicted octanol–water partition coefficient (Wildman–Crippen LogP) is 2.09. The van der Waals surface area contributed by atoms with E-state index in [2.05, 4.69) is 17.4 Å². The fourth-order valence-electron chi connectivity index (χ4n) is 2.52. The molecule has 1 saturated carbocycles. The summed E-state index contributed by atoms with van der Waals surface area (Å²) in [7, 11) is 3.10. The van der Waals surface area contributed by atoms with E-state index in [9.17, 15) is 4.79 Å². The lowest BCUT2D eigenvalue weighted by molar-refractivity contribution is -0.143. The van der Waals surface area contributed by atoms with Crippen molar-refractivity contribution in [1.82, 2.24) is 5.32 Å². The van der Waals surface area contributed by atoms with Gasteiger partial charge in [-0.25, -0.2) is 0 Å². The highest BCUT2D eigenvalue weighted by atomic mass is 16.5. The van der Waals surface area contributed by atoms with Crippen LogP contribution in [0.5, 0.6) is 5.75 Å². The molecule has 19 heavy (non-hydrogen) atoms. The highest BCUT2D eigenvalue weighted by molar-refractivity contribution is 5.75. The third-order valence-electron chi connectivity index (χ3n) is 3.74. The van der Waals surface area contributed by atoms with Gasteiger partial charge in [0.2, 0.25) is 0 Å². The van der Waals surface area contributed by atoms with E-state index in [0.29, 0.717) is 12.0 Å². The van der Waals surface area contributed by atoms with Crippen LogP contribution in [-0.2, 0) is 9.53 Å². The highest BCUT2D eigenvalue weighted by Crippen LogP contribution is 2.38. The van der Waals surface area contributed by atoms with Gasteiger partial charge >= 0.3 is 5.97 Å². The zero-order chi connectivity index (χ0) is 13.8. The number of nitrogens with one attached hydrogen (secondary N) is 1. The first-order chi connectivity index (χ1) is 9.13. The van der Waals surface area contributed by atoms with Gasteiger partial charge in [0.25, 0.3) is 0 Å². The average Bonchev–Trinajstić information content (AvgIpc) is 2.41. The second kappa shape index (κ2) is 6.06. The van der Waals surface area contributed by atoms with E-state index in [4.69, 9.17) is 9.47 Å². The molecular formula is C15H21NO3. The van der Waals surface area contributed by atoms with E-state index in [1.165, 1.54) is 12.7 Å². The van der Waals surface area contributed by atoms with Crippen LogP contribution in [0.4, 0.5) is 0 Å². The largest absolute Gasteiger partial charge is 0.497 e. The normalized spacial score (nSPS) is 23.3. The van der Waals surface area contributed by atoms with Crippen molar-refractivity contribution < 1.29 is 14.3 Å². The van der Waals surface area contributed by atoms with Crippen molar-refractivity contribution in [2.45, 2.75) is 37.8 Å². The molecule has 0 aromatic heterocycles. The Morgan fingerprint density at radius 1 is 1.37 bits per heavy atom. The van der Waals surface area contributed by atoms with E-state index < -0.39 is 0 Å². The van der Waals surface area contributed by atoms with Gasteiger partial charge in [-0.3, -0.25) is 4.79 Å². The van der Waals surface area contributed by atoms with Crippen molar-refractivity contribution in [1.29, 1.82) is 0 Å². The highest BCUT2D eigenvalue weighted by Gasteiger charge is 2.32. The van der Waals surface area contributed by atoms with Crippen LogP contribution in [0.2, 0.25) is 0 Å². The Kier molecular flexibility index (Phi) is 4.43. The minimum Gasteiger partial charge on any atom is -0.497 e. The smallest absolute Gasteiger partial charge is 0.322 e. The van der Waals surface area contributed by atoms with Gasteiger partial charge in [-0.1, -0.05) is 12.1 Å². The molecular weight excluding hydrogens is 242 g/mol. The van der Waals surface area contributed by atoms with E-state index >= 15 is 0 Å². The van der Waals surface area contributed by atoms with Gasteiger partial charge in [0.15, 0.2) is 0 Å². The summed E-state index contributed by atoms with van der Waals surface area (Å²) in [5.74, 6) is 1.25. The van der Waals surface area contributed by atoms with E-state index in [1.807, 2.05) is 19.1 Å². The summed E-state index contributed by atoms with van der Waals surface area (Å²) in [5, 5.41) is 3.29. The molecule has 1 fully saturated rings. The first-order valence-electron chi connectivity index (χ1n) is 6.62. The van der Waals surface area contributed by atoms with Gasteiger partial charge in [-0.15, -0.1) is 0 Å². The topological polar surface area (TPSA) is 47.6 Å². The molecule has 0 heterocycles. The minimum atomic E-state index is -0.235. The molecule has 0 radical (unpaired) electrons. The van der Waals surface area contributed by atoms with Crippen LogP contribution in [0.25, 0.3) is 0 Å². The Bertz CT molecular complexity index is 441. The second-order valence-electron chi connectivity index (χ2n) is 5.05. The standard InChI is InChI=1S/C15H21NO3/c1-10(15(17)19-3)16-13-7-12(8-13)11-5-4-6-14(9-11)18-2/h4-6,9-10,12-13,16H,7-8H2,1-3H3/t10-,12?,13?/m0/s1. The molecule has 1 aromatic carbocycles. The maximum absolute atomic E-state index is 11.3. The number of hydrogen-bond acceptors (Lipinski definition) is 4. The van der Waals surface area contributed by atoms with Crippen molar-refractivity contribution in [2.75, 3.05) is 14.2 Å². The van der Waals surface area contributed by atoms with Crippen LogP contribution in [0, 0.1) is 0 Å². The minimum absolute atomic E-state index is 0.204. The van der Waals surface area contributed by atoms with E-state index in [-0.39, 0.29) is 12.0 Å². The lowest BCUT2D eigenvalue weighted by atomic mass is 9.75. The molecule has 0 saturated heterocycles. The van der Waals surface area contributed by atoms with Crippen molar-refractivity contribution in [3.8, 4) is 5.75 Å². The van der Waals surface area contributed by atoms with E-state index in [1.54, 1.807) is 7.11 Å². The fourth-order valence-corrected chi connectivity index (χ4v) is 2.52. The molecule has 0 aliphatic heterocycles. The zero-order valence-corrected chi connectivity index (χ0v) is 11.7. The average molecular weight is 263 g/mol. The summed E-state index contributed by atoms with van der Waals surface area (Å²) in [6, 6.07) is 8.35. The summed E-state index contributed by atoms with van der Waals surface area (Å²) in [5.41, 5.74) is 1.31. The maximum Gasteiger partial charge on any atom is 0.322 e. The number of methoxy groups -OCH3 is 2. The number of rotatable bonds is 5. The van der Waals surface area contributed by atoms with Gasteiger partial charge in [0, 0.05) is 6.04 Å². The van der Waals surface area contributed by atoms with Crippen molar-refractivity contribution in [3.05, 3.63) is 29.8 Å². The zero-order valence-electron chi connectivity index (χ0n) is 11.7. The van der Waals surface area contributed by atoms with Gasteiger partial charge in [-0.2, -0.15) is 0 Å². The molecule has 1 aliphatic carbocycles. The summed E-state index contributed by atoms with van der Waals surface area (Å²) in [6.07, 6.45) is 2.10. The molecule has 1 N–H and O–H groups in total. The SMILES string of the molecule is COC(=O)[C@H](C)NC1CC(c2cccc(OC)c2)C1. The maximum atomic E-state index is 11.3. The number of carbonyl (C=O) groups excluding carboxylic acids is 1. The van der Waals surface area contributed by atoms with Crippen LogP contribution in [0.15, 0.2) is 24.3 Å². The monoisotopic (exact) mass is 263 g/mol. The summed E-state index contributed by atoms with van der Waals surface area (Å²) in [6.45, 7) is 1.84. The first kappa shape index (κ1) is 13.9. The molecule has 4 nitrogen and oxygen atoms in total. The summed E-state index contributed by atoms with van der Waals surface area (Å²) in [4.78, 5) is 11.3. The third kappa shape index (κ3) is 3.26. The summed E-state index contributed by atoms with van der Waals surface area (Å²) < 4.78 is 9.94. The number of esters is 1. The molecule has 104 valence electrons. The predicted molar refractivity (Wildman–Crippen MR) is 73.4 cm³/mol. The van der Waals surface area contributed by atoms with Gasteiger partial charge < -0.3 is 14.8 Å². The molecule has 4 heteroatoms. The number of carbonyl (C=O) groups is 1. The molecule has 0 spiro atoms. The van der Waals surface area contributed by atoms with Gasteiger partial charge in [0.05, 0.1) is 14.2 Å². The third-order valence-corrected chi connectivity index (χ3v) is 3.74. The van der Waals surface area contributed by atoms with Crippen LogP contribution in [-0.4, -0.2) is 32.3 Å². The quantitative estimate of drug-likeness (QED) is 0.826. The van der Waals surface area contributed by atoms with Crippen LogP contribution in [0.3, 0.4) is 0 Å². The number of hydrogen-bond donors (Lipinski definition) is 1. The van der Waals surface area contributed by atoms with Crippen LogP contribution >= 0.6 is 0 Å².